The zero-order valence-corrected chi connectivity index (χ0v) is 4.83. The van der Waals surface area contributed by atoms with Crippen LogP contribution in [0.4, 0.5) is 4.79 Å². The van der Waals surface area contributed by atoms with E-state index in [0.717, 1.165) is 4.90 Å². The van der Waals surface area contributed by atoms with Crippen LogP contribution in [0.2, 0.25) is 0 Å². The highest BCUT2D eigenvalue weighted by atomic mass is 16.4. The van der Waals surface area contributed by atoms with Gasteiger partial charge in [0.2, 0.25) is 0 Å². The lowest BCUT2D eigenvalue weighted by Gasteiger charge is -2.14. The summed E-state index contributed by atoms with van der Waals surface area (Å²) in [6.45, 7) is 1.38. The van der Waals surface area contributed by atoms with E-state index in [4.69, 9.17) is 10.2 Å². The van der Waals surface area contributed by atoms with E-state index in [1.54, 1.807) is 0 Å². The number of amides is 1. The molecule has 1 unspecified atom stereocenters. The van der Waals surface area contributed by atoms with Crippen molar-refractivity contribution in [2.45, 2.75) is 13.2 Å². The summed E-state index contributed by atoms with van der Waals surface area (Å²) in [5.41, 5.74) is 0. The molecule has 0 radical (unpaired) electrons. The van der Waals surface area contributed by atoms with Gasteiger partial charge in [0, 0.05) is 7.05 Å². The molecule has 0 aliphatic rings. The van der Waals surface area contributed by atoms with Crippen molar-refractivity contribution in [2.24, 2.45) is 0 Å². The molecule has 8 heavy (non-hydrogen) atoms. The number of aliphatic hydroxyl groups excluding tert-OH is 1. The smallest absolute Gasteiger partial charge is 0.409 e. The van der Waals surface area contributed by atoms with E-state index < -0.39 is 12.3 Å². The number of hydrogen-bond donors (Lipinski definition) is 2. The molecule has 0 aromatic carbocycles. The van der Waals surface area contributed by atoms with Gasteiger partial charge in [0.25, 0.3) is 0 Å². The Balaban J connectivity index is 3.64. The van der Waals surface area contributed by atoms with Crippen LogP contribution in [0, 0.1) is 0 Å². The highest BCUT2D eigenvalue weighted by molar-refractivity contribution is 5.64. The Kier molecular flexibility index (Phi) is 2.27. The van der Waals surface area contributed by atoms with Crippen molar-refractivity contribution in [3.05, 3.63) is 0 Å². The molecule has 2 N–H and O–H groups in total. The summed E-state index contributed by atoms with van der Waals surface area (Å²) in [6, 6.07) is 0. The Bertz CT molecular complexity index is 91.3. The van der Waals surface area contributed by atoms with E-state index in [1.807, 2.05) is 0 Å². The monoisotopic (exact) mass is 119 g/mol. The first-order valence-corrected chi connectivity index (χ1v) is 2.19. The lowest BCUT2D eigenvalue weighted by molar-refractivity contribution is 0.0410. The number of aliphatic hydroxyl groups is 1. The average Bonchev–Trinajstić information content (AvgIpc) is 1.64. The van der Waals surface area contributed by atoms with Crippen molar-refractivity contribution in [1.29, 1.82) is 0 Å². The third-order valence-electron chi connectivity index (χ3n) is 0.862. The van der Waals surface area contributed by atoms with Gasteiger partial charge >= 0.3 is 6.09 Å². The average molecular weight is 119 g/mol. The number of carboxylic acid groups (broad SMARTS) is 1. The summed E-state index contributed by atoms with van der Waals surface area (Å²) in [5.74, 6) is 0. The second-order valence-corrected chi connectivity index (χ2v) is 1.53. The van der Waals surface area contributed by atoms with Gasteiger partial charge in [-0.25, -0.2) is 4.79 Å². The van der Waals surface area contributed by atoms with Gasteiger partial charge < -0.3 is 10.2 Å². The van der Waals surface area contributed by atoms with Gasteiger partial charge in [-0.1, -0.05) is 0 Å². The summed E-state index contributed by atoms with van der Waals surface area (Å²) in [4.78, 5) is 10.7. The maximum atomic E-state index is 9.91. The quantitative estimate of drug-likeness (QED) is 0.475. The number of nitrogens with zero attached hydrogens (tertiary/aromatic N) is 1. The predicted molar refractivity (Wildman–Crippen MR) is 27.5 cm³/mol. The molecule has 1 atom stereocenters. The van der Waals surface area contributed by atoms with Crippen LogP contribution in [0.5, 0.6) is 0 Å². The molecule has 48 valence electrons. The molecule has 0 aliphatic carbocycles. The van der Waals surface area contributed by atoms with E-state index in [9.17, 15) is 4.79 Å². The second-order valence-electron chi connectivity index (χ2n) is 1.53. The van der Waals surface area contributed by atoms with Gasteiger partial charge in [0.15, 0.2) is 0 Å². The Morgan fingerprint density at radius 2 is 2.12 bits per heavy atom. The van der Waals surface area contributed by atoms with Crippen LogP contribution in [-0.2, 0) is 0 Å². The first-order valence-electron chi connectivity index (χ1n) is 2.19. The minimum absolute atomic E-state index is 0.806. The molecule has 0 rings (SSSR count). The van der Waals surface area contributed by atoms with Crippen molar-refractivity contribution < 1.29 is 15.0 Å². The van der Waals surface area contributed by atoms with Crippen molar-refractivity contribution in [2.75, 3.05) is 7.05 Å². The Morgan fingerprint density at radius 1 is 1.75 bits per heavy atom. The van der Waals surface area contributed by atoms with Crippen molar-refractivity contribution >= 4 is 6.09 Å². The molecule has 0 aliphatic heterocycles. The van der Waals surface area contributed by atoms with Crippen LogP contribution in [0.25, 0.3) is 0 Å². The molecule has 1 amide bonds. The molecule has 0 saturated carbocycles. The molecule has 0 saturated heterocycles. The molecular formula is C4H9NO3. The molecule has 0 heterocycles. The van der Waals surface area contributed by atoms with E-state index in [-0.39, 0.29) is 0 Å². The van der Waals surface area contributed by atoms with Crippen LogP contribution in [0.3, 0.4) is 0 Å². The van der Waals surface area contributed by atoms with Crippen LogP contribution in [-0.4, -0.2) is 34.5 Å². The third-order valence-corrected chi connectivity index (χ3v) is 0.862. The lowest BCUT2D eigenvalue weighted by atomic mass is 10.6. The minimum atomic E-state index is -1.12. The van der Waals surface area contributed by atoms with E-state index in [1.165, 1.54) is 14.0 Å². The summed E-state index contributed by atoms with van der Waals surface area (Å²) in [7, 11) is 1.30. The molecule has 0 spiro atoms. The van der Waals surface area contributed by atoms with E-state index in [2.05, 4.69) is 0 Å². The fourth-order valence-corrected chi connectivity index (χ4v) is 0.160. The van der Waals surface area contributed by atoms with Crippen LogP contribution in [0.15, 0.2) is 0 Å². The number of hydrogen-bond acceptors (Lipinski definition) is 2. The molecule has 0 bridgehead atoms. The zero-order chi connectivity index (χ0) is 6.73. The van der Waals surface area contributed by atoms with Crippen LogP contribution >= 0.6 is 0 Å². The van der Waals surface area contributed by atoms with Crippen molar-refractivity contribution in [1.82, 2.24) is 4.90 Å². The maximum absolute atomic E-state index is 9.91. The fourth-order valence-electron chi connectivity index (χ4n) is 0.160. The highest BCUT2D eigenvalue weighted by Gasteiger charge is 2.08. The minimum Gasteiger partial charge on any atom is -0.465 e. The highest BCUT2D eigenvalue weighted by Crippen LogP contribution is 1.88. The predicted octanol–water partition coefficient (Wildman–Crippen LogP) is -0.0655. The van der Waals surface area contributed by atoms with Gasteiger partial charge in [0.05, 0.1) is 0 Å². The summed E-state index contributed by atoms with van der Waals surface area (Å²) in [6.07, 6.45) is -2.05. The zero-order valence-electron chi connectivity index (χ0n) is 4.83. The summed E-state index contributed by atoms with van der Waals surface area (Å²) >= 11 is 0. The van der Waals surface area contributed by atoms with Crippen molar-refractivity contribution in [3.8, 4) is 0 Å². The standard InChI is InChI=1S/C4H9NO3/c1-3(6)5(2)4(7)8/h3,6H,1-2H3,(H,7,8). The molecule has 4 heteroatoms. The third kappa shape index (κ3) is 1.79. The topological polar surface area (TPSA) is 60.8 Å². The normalized spacial score (nSPS) is 12.9. The maximum Gasteiger partial charge on any atom is 0.409 e. The number of carbonyl (C=O) groups is 1. The second kappa shape index (κ2) is 2.52. The van der Waals surface area contributed by atoms with E-state index in [0.29, 0.717) is 0 Å². The van der Waals surface area contributed by atoms with Gasteiger partial charge in [-0.05, 0) is 6.92 Å². The van der Waals surface area contributed by atoms with Gasteiger partial charge in [0.1, 0.15) is 6.23 Å². The Hall–Kier alpha value is -0.770. The number of rotatable bonds is 1. The van der Waals surface area contributed by atoms with Crippen molar-refractivity contribution in [3.63, 3.8) is 0 Å². The molecular weight excluding hydrogens is 110 g/mol. The Labute approximate surface area is 47.3 Å². The first kappa shape index (κ1) is 7.23. The van der Waals surface area contributed by atoms with Gasteiger partial charge in [-0.2, -0.15) is 0 Å². The largest absolute Gasteiger partial charge is 0.465 e. The SMILES string of the molecule is CC(O)N(C)C(=O)O. The summed E-state index contributed by atoms with van der Waals surface area (Å²) < 4.78 is 0. The van der Waals surface area contributed by atoms with Gasteiger partial charge in [-0.3, -0.25) is 4.90 Å². The van der Waals surface area contributed by atoms with Crippen LogP contribution < -0.4 is 0 Å². The molecule has 4 nitrogen and oxygen atoms in total. The van der Waals surface area contributed by atoms with E-state index >= 15 is 0 Å². The molecule has 0 aromatic heterocycles. The van der Waals surface area contributed by atoms with Gasteiger partial charge in [-0.15, -0.1) is 0 Å². The molecule has 0 aromatic rings. The summed E-state index contributed by atoms with van der Waals surface area (Å²) in [5, 5.41) is 16.7. The molecule has 0 fully saturated rings. The van der Waals surface area contributed by atoms with Crippen LogP contribution in [0.1, 0.15) is 6.92 Å². The lowest BCUT2D eigenvalue weighted by Crippen LogP contribution is -2.33. The first-order chi connectivity index (χ1) is 3.55. The fraction of sp³-hybridized carbons (Fsp3) is 0.750. The Morgan fingerprint density at radius 3 is 2.12 bits per heavy atom.